The summed E-state index contributed by atoms with van der Waals surface area (Å²) in [5.41, 5.74) is 0.957. The molecule has 0 unspecified atom stereocenters. The van der Waals surface area contributed by atoms with Crippen molar-refractivity contribution >= 4 is 11.6 Å². The molecule has 1 N–H and O–H groups in total. The lowest BCUT2D eigenvalue weighted by molar-refractivity contribution is 0.126. The van der Waals surface area contributed by atoms with Crippen molar-refractivity contribution in [3.63, 3.8) is 0 Å². The first-order valence-electron chi connectivity index (χ1n) is 5.71. The molecule has 1 aromatic rings. The van der Waals surface area contributed by atoms with Crippen LogP contribution < -0.4 is 0 Å². The second-order valence-electron chi connectivity index (χ2n) is 3.94. The van der Waals surface area contributed by atoms with Gasteiger partial charge in [-0.25, -0.2) is 0 Å². The molecule has 0 spiro atoms. The van der Waals surface area contributed by atoms with E-state index in [2.05, 4.69) is 6.58 Å². The summed E-state index contributed by atoms with van der Waals surface area (Å²) < 4.78 is 0. The van der Waals surface area contributed by atoms with Crippen LogP contribution in [0.1, 0.15) is 30.9 Å². The van der Waals surface area contributed by atoms with Crippen LogP contribution >= 0.6 is 11.6 Å². The van der Waals surface area contributed by atoms with Crippen LogP contribution in [0.25, 0.3) is 0 Å². The number of benzene rings is 1. The van der Waals surface area contributed by atoms with Crippen LogP contribution in [0.4, 0.5) is 0 Å². The topological polar surface area (TPSA) is 20.2 Å². The lowest BCUT2D eigenvalue weighted by Crippen LogP contribution is -2.10. The first-order valence-corrected chi connectivity index (χ1v) is 6.24. The summed E-state index contributed by atoms with van der Waals surface area (Å²) in [6, 6.07) is 9.73. The Morgan fingerprint density at radius 1 is 1.25 bits per heavy atom. The molecule has 2 heteroatoms. The maximum atomic E-state index is 10.2. The SMILES string of the molecule is C=C[C@H](CCCCCl)[C@H](O)c1ccccc1. The van der Waals surface area contributed by atoms with Crippen LogP contribution in [0.3, 0.4) is 0 Å². The quantitative estimate of drug-likeness (QED) is 0.434. The molecule has 16 heavy (non-hydrogen) atoms. The van der Waals surface area contributed by atoms with Crippen molar-refractivity contribution < 1.29 is 5.11 Å². The van der Waals surface area contributed by atoms with Gasteiger partial charge in [-0.15, -0.1) is 18.2 Å². The number of halogens is 1. The van der Waals surface area contributed by atoms with Gasteiger partial charge in [0.25, 0.3) is 0 Å². The number of hydrogen-bond donors (Lipinski definition) is 1. The predicted octanol–water partition coefficient (Wildman–Crippen LogP) is 3.93. The average Bonchev–Trinajstić information content (AvgIpc) is 2.35. The lowest BCUT2D eigenvalue weighted by Gasteiger charge is -2.19. The van der Waals surface area contributed by atoms with E-state index in [9.17, 15) is 5.11 Å². The fourth-order valence-corrected chi connectivity index (χ4v) is 1.97. The zero-order valence-corrected chi connectivity index (χ0v) is 10.2. The van der Waals surface area contributed by atoms with Gasteiger partial charge in [0, 0.05) is 11.8 Å². The maximum absolute atomic E-state index is 10.2. The van der Waals surface area contributed by atoms with Gasteiger partial charge in [-0.1, -0.05) is 42.8 Å². The maximum Gasteiger partial charge on any atom is 0.0852 e. The fraction of sp³-hybridized carbons (Fsp3) is 0.429. The number of rotatable bonds is 7. The Kier molecular flexibility index (Phi) is 6.20. The van der Waals surface area contributed by atoms with E-state index in [4.69, 9.17) is 11.6 Å². The number of unbranched alkanes of at least 4 members (excludes halogenated alkanes) is 1. The molecule has 0 radical (unpaired) electrons. The van der Waals surface area contributed by atoms with Crippen molar-refractivity contribution in [2.75, 3.05) is 5.88 Å². The molecule has 1 aromatic carbocycles. The molecule has 0 aliphatic heterocycles. The Hall–Kier alpha value is -0.790. The standard InChI is InChI=1S/C14H19ClO/c1-2-12(8-6-7-11-15)14(16)13-9-4-3-5-10-13/h2-5,9-10,12,14,16H,1,6-8,11H2/t12-,14+/m1/s1. The number of aliphatic hydroxyl groups is 1. The molecular weight excluding hydrogens is 220 g/mol. The Labute approximate surface area is 103 Å². The van der Waals surface area contributed by atoms with Crippen LogP contribution in [0.5, 0.6) is 0 Å². The minimum Gasteiger partial charge on any atom is -0.388 e. The Bertz CT molecular complexity index is 297. The van der Waals surface area contributed by atoms with Crippen molar-refractivity contribution in [3.8, 4) is 0 Å². The summed E-state index contributed by atoms with van der Waals surface area (Å²) in [5, 5.41) is 10.2. The van der Waals surface area contributed by atoms with Gasteiger partial charge in [0.15, 0.2) is 0 Å². The van der Waals surface area contributed by atoms with Crippen LogP contribution in [0, 0.1) is 5.92 Å². The van der Waals surface area contributed by atoms with Crippen LogP contribution in [0.2, 0.25) is 0 Å². The lowest BCUT2D eigenvalue weighted by atomic mass is 9.91. The molecule has 0 saturated heterocycles. The fourth-order valence-electron chi connectivity index (χ4n) is 1.78. The van der Waals surface area contributed by atoms with E-state index in [1.165, 1.54) is 0 Å². The molecule has 2 atom stereocenters. The average molecular weight is 239 g/mol. The summed E-state index contributed by atoms with van der Waals surface area (Å²) in [6.07, 6.45) is 4.35. The molecule has 0 aliphatic rings. The molecule has 88 valence electrons. The molecule has 0 fully saturated rings. The van der Waals surface area contributed by atoms with Crippen LogP contribution in [-0.4, -0.2) is 11.0 Å². The van der Waals surface area contributed by atoms with Crippen molar-refractivity contribution in [2.45, 2.75) is 25.4 Å². The molecule has 0 saturated carbocycles. The molecule has 1 nitrogen and oxygen atoms in total. The monoisotopic (exact) mass is 238 g/mol. The third-order valence-corrected chi connectivity index (χ3v) is 3.04. The third kappa shape index (κ3) is 3.99. The van der Waals surface area contributed by atoms with E-state index < -0.39 is 6.10 Å². The first kappa shape index (κ1) is 13.3. The number of alkyl halides is 1. The van der Waals surface area contributed by atoms with Crippen LogP contribution in [-0.2, 0) is 0 Å². The van der Waals surface area contributed by atoms with E-state index in [1.807, 2.05) is 36.4 Å². The van der Waals surface area contributed by atoms with Crippen molar-refractivity contribution in [1.29, 1.82) is 0 Å². The Balaban J connectivity index is 2.55. The van der Waals surface area contributed by atoms with Gasteiger partial charge >= 0.3 is 0 Å². The summed E-state index contributed by atoms with van der Waals surface area (Å²) in [5.74, 6) is 0.802. The summed E-state index contributed by atoms with van der Waals surface area (Å²) in [6.45, 7) is 3.79. The summed E-state index contributed by atoms with van der Waals surface area (Å²) >= 11 is 5.64. The number of aliphatic hydroxyl groups excluding tert-OH is 1. The van der Waals surface area contributed by atoms with Gasteiger partial charge in [-0.3, -0.25) is 0 Å². The zero-order chi connectivity index (χ0) is 11.8. The smallest absolute Gasteiger partial charge is 0.0852 e. The largest absolute Gasteiger partial charge is 0.388 e. The Morgan fingerprint density at radius 3 is 2.50 bits per heavy atom. The van der Waals surface area contributed by atoms with E-state index in [0.717, 1.165) is 24.8 Å². The van der Waals surface area contributed by atoms with E-state index in [-0.39, 0.29) is 5.92 Å². The molecule has 0 bridgehead atoms. The van der Waals surface area contributed by atoms with Crippen molar-refractivity contribution in [2.24, 2.45) is 5.92 Å². The Morgan fingerprint density at radius 2 is 1.94 bits per heavy atom. The van der Waals surface area contributed by atoms with Gasteiger partial charge < -0.3 is 5.11 Å². The summed E-state index contributed by atoms with van der Waals surface area (Å²) in [4.78, 5) is 0. The van der Waals surface area contributed by atoms with Gasteiger partial charge in [0.1, 0.15) is 0 Å². The molecule has 1 rings (SSSR count). The summed E-state index contributed by atoms with van der Waals surface area (Å²) in [7, 11) is 0. The minimum absolute atomic E-state index is 0.116. The van der Waals surface area contributed by atoms with E-state index >= 15 is 0 Å². The highest BCUT2D eigenvalue weighted by atomic mass is 35.5. The second-order valence-corrected chi connectivity index (χ2v) is 4.32. The molecule has 0 amide bonds. The minimum atomic E-state index is -0.450. The van der Waals surface area contributed by atoms with Gasteiger partial charge in [0.05, 0.1) is 6.10 Å². The van der Waals surface area contributed by atoms with Crippen molar-refractivity contribution in [3.05, 3.63) is 48.6 Å². The van der Waals surface area contributed by atoms with Gasteiger partial charge in [-0.2, -0.15) is 0 Å². The van der Waals surface area contributed by atoms with Crippen molar-refractivity contribution in [1.82, 2.24) is 0 Å². The highest BCUT2D eigenvalue weighted by Gasteiger charge is 2.16. The predicted molar refractivity (Wildman–Crippen MR) is 69.7 cm³/mol. The highest BCUT2D eigenvalue weighted by Crippen LogP contribution is 2.26. The van der Waals surface area contributed by atoms with E-state index in [0.29, 0.717) is 5.88 Å². The second kappa shape index (κ2) is 7.48. The van der Waals surface area contributed by atoms with Gasteiger partial charge in [-0.05, 0) is 18.4 Å². The third-order valence-electron chi connectivity index (χ3n) is 2.77. The van der Waals surface area contributed by atoms with E-state index in [1.54, 1.807) is 0 Å². The number of hydrogen-bond acceptors (Lipinski definition) is 1. The van der Waals surface area contributed by atoms with Crippen LogP contribution in [0.15, 0.2) is 43.0 Å². The molecule has 0 aromatic heterocycles. The molecule has 0 heterocycles. The molecule has 0 aliphatic carbocycles. The highest BCUT2D eigenvalue weighted by molar-refractivity contribution is 6.17. The normalized spacial score (nSPS) is 14.4. The first-order chi connectivity index (χ1) is 7.79. The zero-order valence-electron chi connectivity index (χ0n) is 9.48. The molecular formula is C14H19ClO. The van der Waals surface area contributed by atoms with Gasteiger partial charge in [0.2, 0.25) is 0 Å².